The molecular weight excluding hydrogens is 284 g/mol. The summed E-state index contributed by atoms with van der Waals surface area (Å²) in [6.07, 6.45) is 0. The van der Waals surface area contributed by atoms with Crippen molar-refractivity contribution >= 4 is 28.2 Å². The molecule has 0 aliphatic rings. The summed E-state index contributed by atoms with van der Waals surface area (Å²) in [5, 5.41) is 15.9. The molecule has 3 aromatic rings. The van der Waals surface area contributed by atoms with Crippen LogP contribution in [0.3, 0.4) is 0 Å². The average molecular weight is 298 g/mol. The van der Waals surface area contributed by atoms with E-state index in [1.807, 2.05) is 54.6 Å². The first-order valence-electron chi connectivity index (χ1n) is 6.72. The number of pyridine rings is 1. The van der Waals surface area contributed by atoms with Crippen LogP contribution in [0.1, 0.15) is 11.1 Å². The summed E-state index contributed by atoms with van der Waals surface area (Å²) in [6.45, 7) is 0.292. The number of halogens is 1. The van der Waals surface area contributed by atoms with Crippen LogP contribution < -0.4 is 5.32 Å². The summed E-state index contributed by atoms with van der Waals surface area (Å²) in [5.74, 6) is 0. The number of hydrogen-bond donors (Lipinski definition) is 1. The van der Waals surface area contributed by atoms with Crippen LogP contribution in [0.4, 0.5) is 5.69 Å². The lowest BCUT2D eigenvalue weighted by molar-refractivity contribution is 0.178. The lowest BCUT2D eigenvalue weighted by atomic mass is 10.1. The Kier molecular flexibility index (Phi) is 4.04. The van der Waals surface area contributed by atoms with Crippen LogP contribution in [-0.4, -0.2) is 4.98 Å². The van der Waals surface area contributed by atoms with E-state index in [9.17, 15) is 5.11 Å². The Morgan fingerprint density at radius 2 is 1.76 bits per heavy atom. The van der Waals surface area contributed by atoms with E-state index < -0.39 is 0 Å². The van der Waals surface area contributed by atoms with Gasteiger partial charge in [-0.15, -0.1) is 0 Å². The molecule has 0 bridgehead atoms. The second-order valence-corrected chi connectivity index (χ2v) is 5.14. The first-order valence-corrected chi connectivity index (χ1v) is 7.10. The third-order valence-corrected chi connectivity index (χ3v) is 3.72. The van der Waals surface area contributed by atoms with Gasteiger partial charge in [0.25, 0.3) is 0 Å². The fourth-order valence-corrected chi connectivity index (χ4v) is 2.48. The fraction of sp³-hybridized carbons (Fsp3) is 0.118. The first kappa shape index (κ1) is 13.9. The maximum absolute atomic E-state index is 11.1. The largest absolute Gasteiger partial charge is 0.381 e. The number of para-hydroxylation sites is 2. The number of hydrogen-bond acceptors (Lipinski definition) is 2. The maximum atomic E-state index is 11.1. The monoisotopic (exact) mass is 297 g/mol. The highest BCUT2D eigenvalue weighted by molar-refractivity contribution is 6.30. The van der Waals surface area contributed by atoms with Gasteiger partial charge in [0.1, 0.15) is 11.8 Å². The summed E-state index contributed by atoms with van der Waals surface area (Å²) in [7, 11) is 0. The van der Waals surface area contributed by atoms with Gasteiger partial charge in [-0.2, -0.15) is 0 Å². The second kappa shape index (κ2) is 6.12. The second-order valence-electron chi connectivity index (χ2n) is 4.79. The van der Waals surface area contributed by atoms with Crippen LogP contribution in [0.5, 0.6) is 0 Å². The standard InChI is InChI=1S/C17H14ClN2O/c18-17-14(9-12-5-1-4-8-16(12)20-17)10-19-15-7-3-2-6-13(15)11-21/h1-9,19H,10-11H2. The molecule has 0 fully saturated rings. The van der Waals surface area contributed by atoms with Gasteiger partial charge in [0.15, 0.2) is 0 Å². The summed E-state index contributed by atoms with van der Waals surface area (Å²) < 4.78 is 0. The van der Waals surface area contributed by atoms with Crippen molar-refractivity contribution < 1.29 is 5.11 Å². The molecule has 105 valence electrons. The molecule has 1 heterocycles. The molecule has 2 aromatic carbocycles. The van der Waals surface area contributed by atoms with E-state index in [1.54, 1.807) is 0 Å². The molecular formula is C17H14ClN2O. The maximum Gasteiger partial charge on any atom is 0.134 e. The molecule has 0 aliphatic heterocycles. The third kappa shape index (κ3) is 2.99. The Morgan fingerprint density at radius 3 is 2.62 bits per heavy atom. The zero-order chi connectivity index (χ0) is 14.7. The van der Waals surface area contributed by atoms with Gasteiger partial charge in [0, 0.05) is 28.7 Å². The quantitative estimate of drug-likeness (QED) is 0.724. The number of benzene rings is 2. The van der Waals surface area contributed by atoms with E-state index >= 15 is 0 Å². The number of fused-ring (bicyclic) bond motifs is 1. The van der Waals surface area contributed by atoms with Crippen LogP contribution in [0.25, 0.3) is 10.9 Å². The van der Waals surface area contributed by atoms with Gasteiger partial charge < -0.3 is 5.32 Å². The van der Waals surface area contributed by atoms with Crippen molar-refractivity contribution in [3.8, 4) is 0 Å². The van der Waals surface area contributed by atoms with Crippen molar-refractivity contribution in [1.29, 1.82) is 0 Å². The van der Waals surface area contributed by atoms with E-state index in [4.69, 9.17) is 11.6 Å². The Labute approximate surface area is 128 Å². The molecule has 3 rings (SSSR count). The fourth-order valence-electron chi connectivity index (χ4n) is 2.27. The summed E-state index contributed by atoms with van der Waals surface area (Å²) in [6, 6.07) is 17.4. The van der Waals surface area contributed by atoms with Gasteiger partial charge in [-0.05, 0) is 18.2 Å². The molecule has 0 unspecified atom stereocenters. The minimum Gasteiger partial charge on any atom is -0.381 e. The first-order chi connectivity index (χ1) is 10.3. The molecule has 4 heteroatoms. The Hall–Kier alpha value is -2.10. The zero-order valence-corrected chi connectivity index (χ0v) is 12.1. The zero-order valence-electron chi connectivity index (χ0n) is 11.3. The van der Waals surface area contributed by atoms with E-state index in [-0.39, 0.29) is 6.61 Å². The lowest BCUT2D eigenvalue weighted by Gasteiger charge is -2.11. The minimum absolute atomic E-state index is 0.243. The van der Waals surface area contributed by atoms with Gasteiger partial charge in [-0.3, -0.25) is 0 Å². The average Bonchev–Trinajstić information content (AvgIpc) is 2.53. The lowest BCUT2D eigenvalue weighted by Crippen LogP contribution is -2.03. The van der Waals surface area contributed by atoms with Crippen LogP contribution in [0.15, 0.2) is 54.6 Å². The van der Waals surface area contributed by atoms with Crippen molar-refractivity contribution in [3.63, 3.8) is 0 Å². The Bertz CT molecular complexity index is 774. The molecule has 0 saturated heterocycles. The van der Waals surface area contributed by atoms with Crippen molar-refractivity contribution in [2.45, 2.75) is 13.2 Å². The molecule has 0 amide bonds. The predicted molar refractivity (Wildman–Crippen MR) is 84.9 cm³/mol. The molecule has 0 spiro atoms. The molecule has 0 saturated carbocycles. The van der Waals surface area contributed by atoms with Crippen LogP contribution in [0.2, 0.25) is 5.15 Å². The highest BCUT2D eigenvalue weighted by Gasteiger charge is 2.06. The van der Waals surface area contributed by atoms with E-state index in [0.717, 1.165) is 27.7 Å². The molecule has 0 atom stereocenters. The van der Waals surface area contributed by atoms with Crippen molar-refractivity contribution in [2.24, 2.45) is 0 Å². The van der Waals surface area contributed by atoms with Crippen molar-refractivity contribution in [3.05, 3.63) is 70.9 Å². The molecule has 0 aliphatic carbocycles. The smallest absolute Gasteiger partial charge is 0.134 e. The molecule has 21 heavy (non-hydrogen) atoms. The SMILES string of the molecule is [O]Cc1ccccc1NCc1cc2ccccc2nc1Cl. The van der Waals surface area contributed by atoms with Crippen LogP contribution in [-0.2, 0) is 18.3 Å². The molecule has 1 aromatic heterocycles. The van der Waals surface area contributed by atoms with Crippen molar-refractivity contribution in [2.75, 3.05) is 5.32 Å². The van der Waals surface area contributed by atoms with Crippen LogP contribution >= 0.6 is 11.6 Å². The number of nitrogens with zero attached hydrogens (tertiary/aromatic N) is 1. The summed E-state index contributed by atoms with van der Waals surface area (Å²) in [4.78, 5) is 4.39. The van der Waals surface area contributed by atoms with Gasteiger partial charge in [-0.1, -0.05) is 48.0 Å². The highest BCUT2D eigenvalue weighted by Crippen LogP contribution is 2.22. The minimum atomic E-state index is -0.243. The summed E-state index contributed by atoms with van der Waals surface area (Å²) in [5.41, 5.74) is 3.39. The number of aromatic nitrogens is 1. The highest BCUT2D eigenvalue weighted by atomic mass is 35.5. The van der Waals surface area contributed by atoms with E-state index in [0.29, 0.717) is 11.7 Å². The van der Waals surface area contributed by atoms with Crippen LogP contribution in [0, 0.1) is 0 Å². The summed E-state index contributed by atoms with van der Waals surface area (Å²) >= 11 is 6.23. The Morgan fingerprint density at radius 1 is 1.00 bits per heavy atom. The third-order valence-electron chi connectivity index (χ3n) is 3.39. The number of rotatable bonds is 4. The van der Waals surface area contributed by atoms with Crippen molar-refractivity contribution in [1.82, 2.24) is 4.98 Å². The number of nitrogens with one attached hydrogen (secondary N) is 1. The number of anilines is 1. The molecule has 1 N–H and O–H groups in total. The van der Waals surface area contributed by atoms with E-state index in [2.05, 4.69) is 10.3 Å². The molecule has 1 radical (unpaired) electrons. The topological polar surface area (TPSA) is 44.8 Å². The molecule has 3 nitrogen and oxygen atoms in total. The van der Waals surface area contributed by atoms with Gasteiger partial charge >= 0.3 is 0 Å². The van der Waals surface area contributed by atoms with E-state index in [1.165, 1.54) is 0 Å². The van der Waals surface area contributed by atoms with Gasteiger partial charge in [-0.25, -0.2) is 10.1 Å². The normalized spacial score (nSPS) is 10.8. The Balaban J connectivity index is 1.86. The predicted octanol–water partition coefficient (Wildman–Crippen LogP) is 4.43. The van der Waals surface area contributed by atoms with Gasteiger partial charge in [0.2, 0.25) is 0 Å². The van der Waals surface area contributed by atoms with Gasteiger partial charge in [0.05, 0.1) is 5.52 Å².